The van der Waals surface area contributed by atoms with E-state index in [0.29, 0.717) is 17.9 Å². The number of nitrogens with one attached hydrogen (secondary N) is 2. The molecule has 0 fully saturated rings. The minimum atomic E-state index is -3.93. The molecule has 1 amide bonds. The maximum atomic E-state index is 13.1. The molecular weight excluding hydrogens is 534 g/mol. The van der Waals surface area contributed by atoms with Crippen LogP contribution in [0.1, 0.15) is 25.8 Å². The normalized spacial score (nSPS) is 17.3. The van der Waals surface area contributed by atoms with Crippen LogP contribution in [0.2, 0.25) is 0 Å². The minimum absolute atomic E-state index is 0.000543. The van der Waals surface area contributed by atoms with E-state index in [9.17, 15) is 26.7 Å². The number of hydrogen-bond acceptors (Lipinski definition) is 10. The number of fused-ring (bicyclic) bond motifs is 1. The van der Waals surface area contributed by atoms with Crippen molar-refractivity contribution >= 4 is 25.6 Å². The molecule has 13 heteroatoms. The summed E-state index contributed by atoms with van der Waals surface area (Å²) in [6, 6.07) is 12.2. The molecule has 0 spiro atoms. The van der Waals surface area contributed by atoms with E-state index in [2.05, 4.69) is 10.6 Å². The molecule has 1 aliphatic rings. The second-order valence-corrected chi connectivity index (χ2v) is 14.1. The van der Waals surface area contributed by atoms with Gasteiger partial charge in [0.1, 0.15) is 9.84 Å². The number of carbonyl (C=O) groups excluding carboxylic acids is 1. The third-order valence-corrected chi connectivity index (χ3v) is 9.08. The molecule has 0 aliphatic carbocycles. The quantitative estimate of drug-likeness (QED) is 0.247. The molecule has 11 nitrogen and oxygen atoms in total. The van der Waals surface area contributed by atoms with Crippen molar-refractivity contribution in [2.24, 2.45) is 5.73 Å². The van der Waals surface area contributed by atoms with Crippen LogP contribution in [0.5, 0.6) is 11.5 Å². The van der Waals surface area contributed by atoms with Crippen molar-refractivity contribution in [3.63, 3.8) is 0 Å². The van der Waals surface area contributed by atoms with Gasteiger partial charge in [-0.05, 0) is 31.0 Å². The molecular formula is C25H35N3O8S2. The molecule has 3 rings (SSSR count). The molecule has 1 aliphatic heterocycles. The summed E-state index contributed by atoms with van der Waals surface area (Å²) < 4.78 is 60.0. The summed E-state index contributed by atoms with van der Waals surface area (Å²) in [5.41, 5.74) is 3.82. The summed E-state index contributed by atoms with van der Waals surface area (Å²) >= 11 is 0. The average molecular weight is 570 g/mol. The zero-order chi connectivity index (χ0) is 28.2. The Morgan fingerprint density at radius 1 is 1.11 bits per heavy atom. The highest BCUT2D eigenvalue weighted by atomic mass is 32.2. The van der Waals surface area contributed by atoms with E-state index in [0.717, 1.165) is 11.8 Å². The van der Waals surface area contributed by atoms with E-state index in [1.54, 1.807) is 6.92 Å². The van der Waals surface area contributed by atoms with Crippen molar-refractivity contribution in [1.82, 2.24) is 10.6 Å². The molecule has 2 aromatic carbocycles. The first-order chi connectivity index (χ1) is 17.6. The third kappa shape index (κ3) is 8.14. The number of nitrogens with two attached hydrogens (primary N) is 1. The highest BCUT2D eigenvalue weighted by Gasteiger charge is 2.37. The van der Waals surface area contributed by atoms with Gasteiger partial charge in [0.2, 0.25) is 12.7 Å². The van der Waals surface area contributed by atoms with Crippen LogP contribution in [0, 0.1) is 0 Å². The van der Waals surface area contributed by atoms with E-state index in [4.69, 9.17) is 15.2 Å². The number of aliphatic hydroxyl groups is 1. The van der Waals surface area contributed by atoms with Gasteiger partial charge in [-0.25, -0.2) is 16.8 Å². The van der Waals surface area contributed by atoms with Crippen LogP contribution in [0.4, 0.5) is 0 Å². The molecule has 1 heterocycles. The predicted molar refractivity (Wildman–Crippen MR) is 142 cm³/mol. The van der Waals surface area contributed by atoms with E-state index < -0.39 is 54.4 Å². The van der Waals surface area contributed by atoms with Crippen LogP contribution in [-0.2, 0) is 30.9 Å². The standard InChI is InChI=1S/C25H35N3O8S2/c1-4-25(13-18-8-6-5-7-9-18,28-23(29)20(26)14-37(3,31)32)27-15-24(2,30)16-38(33,34)19-10-11-21-22(12-19)36-17-35-21/h5-12,20,27,30H,4,13-17,26H2,1-3H3,(H,28,29)/t20-,24-,25+/m1/s1. The average Bonchev–Trinajstić information content (AvgIpc) is 3.30. The Morgan fingerprint density at radius 2 is 1.76 bits per heavy atom. The predicted octanol–water partition coefficient (Wildman–Crippen LogP) is 0.367. The van der Waals surface area contributed by atoms with Gasteiger partial charge >= 0.3 is 0 Å². The van der Waals surface area contributed by atoms with Crippen molar-refractivity contribution in [3.8, 4) is 11.5 Å². The van der Waals surface area contributed by atoms with Gasteiger partial charge in [0.25, 0.3) is 0 Å². The molecule has 5 N–H and O–H groups in total. The summed E-state index contributed by atoms with van der Waals surface area (Å²) in [5.74, 6) is -1.08. The van der Waals surface area contributed by atoms with Crippen LogP contribution in [0.3, 0.4) is 0 Å². The van der Waals surface area contributed by atoms with Crippen LogP contribution in [0.25, 0.3) is 0 Å². The fourth-order valence-electron chi connectivity index (χ4n) is 4.14. The first-order valence-electron chi connectivity index (χ1n) is 12.0. The van der Waals surface area contributed by atoms with Gasteiger partial charge in [-0.2, -0.15) is 0 Å². The van der Waals surface area contributed by atoms with E-state index in [1.807, 2.05) is 30.3 Å². The summed E-state index contributed by atoms with van der Waals surface area (Å²) in [6.45, 7) is 2.97. The van der Waals surface area contributed by atoms with E-state index in [1.165, 1.54) is 25.1 Å². The number of sulfone groups is 2. The maximum absolute atomic E-state index is 13.1. The number of carbonyl (C=O) groups is 1. The lowest BCUT2D eigenvalue weighted by Gasteiger charge is -2.38. The molecule has 0 bridgehead atoms. The molecule has 0 radical (unpaired) electrons. The number of ether oxygens (including phenoxy) is 2. The van der Waals surface area contributed by atoms with Gasteiger partial charge in [0.15, 0.2) is 21.3 Å². The molecule has 2 aromatic rings. The van der Waals surface area contributed by atoms with E-state index in [-0.39, 0.29) is 24.7 Å². The number of benzene rings is 2. The van der Waals surface area contributed by atoms with Crippen LogP contribution >= 0.6 is 0 Å². The first-order valence-corrected chi connectivity index (χ1v) is 15.7. The van der Waals surface area contributed by atoms with Gasteiger partial charge in [-0.1, -0.05) is 37.3 Å². The third-order valence-electron chi connectivity index (χ3n) is 6.15. The lowest BCUT2D eigenvalue weighted by molar-refractivity contribution is -0.124. The molecule has 0 aromatic heterocycles. The summed E-state index contributed by atoms with van der Waals surface area (Å²) in [5, 5.41) is 17.1. The Labute approximate surface area is 223 Å². The monoisotopic (exact) mass is 569 g/mol. The number of rotatable bonds is 13. The topological polar surface area (TPSA) is 174 Å². The fraction of sp³-hybridized carbons (Fsp3) is 0.480. The molecule has 210 valence electrons. The smallest absolute Gasteiger partial charge is 0.239 e. The molecule has 0 unspecified atom stereocenters. The highest BCUT2D eigenvalue weighted by molar-refractivity contribution is 7.91. The minimum Gasteiger partial charge on any atom is -0.454 e. The van der Waals surface area contributed by atoms with Crippen LogP contribution in [-0.4, -0.2) is 76.3 Å². The van der Waals surface area contributed by atoms with Gasteiger partial charge in [0.05, 0.1) is 33.7 Å². The number of amides is 1. The molecule has 0 saturated carbocycles. The Bertz CT molecular complexity index is 1350. The van der Waals surface area contributed by atoms with E-state index >= 15 is 0 Å². The molecule has 38 heavy (non-hydrogen) atoms. The lowest BCUT2D eigenvalue weighted by Crippen LogP contribution is -2.65. The second-order valence-electron chi connectivity index (χ2n) is 9.91. The van der Waals surface area contributed by atoms with Crippen molar-refractivity contribution < 1.29 is 36.2 Å². The van der Waals surface area contributed by atoms with Gasteiger partial charge in [-0.15, -0.1) is 0 Å². The fourth-order valence-corrected chi connectivity index (χ4v) is 6.59. The van der Waals surface area contributed by atoms with Crippen molar-refractivity contribution in [3.05, 3.63) is 54.1 Å². The van der Waals surface area contributed by atoms with Gasteiger partial charge in [0, 0.05) is 25.3 Å². The maximum Gasteiger partial charge on any atom is 0.239 e. The largest absolute Gasteiger partial charge is 0.454 e. The Hall–Kier alpha value is -2.71. The SMILES string of the molecule is CC[C@](Cc1ccccc1)(NC[C@@](C)(O)CS(=O)(=O)c1ccc2c(c1)OCO2)NC(=O)[C@H](N)CS(C)(=O)=O. The highest BCUT2D eigenvalue weighted by Crippen LogP contribution is 2.34. The van der Waals surface area contributed by atoms with Gasteiger partial charge in [-0.3, -0.25) is 10.1 Å². The Balaban J connectivity index is 1.79. The van der Waals surface area contributed by atoms with Gasteiger partial charge < -0.3 is 25.6 Å². The Kier molecular flexibility index (Phi) is 9.09. The zero-order valence-electron chi connectivity index (χ0n) is 21.6. The molecule has 3 atom stereocenters. The summed E-state index contributed by atoms with van der Waals surface area (Å²) in [7, 11) is -7.43. The summed E-state index contributed by atoms with van der Waals surface area (Å²) in [4.78, 5) is 12.9. The van der Waals surface area contributed by atoms with Crippen LogP contribution in [0.15, 0.2) is 53.4 Å². The first kappa shape index (κ1) is 29.8. The number of hydrogen-bond donors (Lipinski definition) is 4. The van der Waals surface area contributed by atoms with Crippen molar-refractivity contribution in [2.75, 3.05) is 31.1 Å². The molecule has 0 saturated heterocycles. The second kappa shape index (κ2) is 11.6. The Morgan fingerprint density at radius 3 is 2.39 bits per heavy atom. The summed E-state index contributed by atoms with van der Waals surface area (Å²) in [6.07, 6.45) is 1.59. The van der Waals surface area contributed by atoms with Crippen LogP contribution < -0.4 is 25.8 Å². The van der Waals surface area contributed by atoms with Crippen molar-refractivity contribution in [2.45, 2.75) is 48.9 Å². The van der Waals surface area contributed by atoms with Crippen molar-refractivity contribution in [1.29, 1.82) is 0 Å². The lowest BCUT2D eigenvalue weighted by atomic mass is 9.95. The zero-order valence-corrected chi connectivity index (χ0v) is 23.3.